The van der Waals surface area contributed by atoms with Crippen molar-refractivity contribution >= 4 is 39.5 Å². The highest BCUT2D eigenvalue weighted by Gasteiger charge is 2.12. The molecule has 0 saturated heterocycles. The van der Waals surface area contributed by atoms with Crippen LogP contribution in [0.2, 0.25) is 0 Å². The smallest absolute Gasteiger partial charge is 0.244 e. The van der Waals surface area contributed by atoms with Crippen LogP contribution in [0.1, 0.15) is 11.1 Å². The van der Waals surface area contributed by atoms with Gasteiger partial charge in [-0.15, -0.1) is 0 Å². The van der Waals surface area contributed by atoms with E-state index in [2.05, 4.69) is 26.6 Å². The number of halogens is 1. The standard InChI is InChI=1S/C19H17BrN2O4/c1-12-8-14(20)4-5-15(12)22-19(24)10-21-18(23)7-3-13-2-6-16-17(9-13)26-11-25-16/h2-9H,10-11H2,1H3,(H,21,23)(H,22,24)/b7-3+. The molecule has 26 heavy (non-hydrogen) atoms. The molecule has 1 aliphatic rings. The number of fused-ring (bicyclic) bond motifs is 1. The third-order valence-electron chi connectivity index (χ3n) is 3.71. The minimum absolute atomic E-state index is 0.111. The molecule has 0 radical (unpaired) electrons. The van der Waals surface area contributed by atoms with E-state index in [1.54, 1.807) is 24.3 Å². The molecule has 1 heterocycles. The maximum atomic E-state index is 12.0. The summed E-state index contributed by atoms with van der Waals surface area (Å²) in [5, 5.41) is 5.32. The summed E-state index contributed by atoms with van der Waals surface area (Å²) in [6.45, 7) is 1.99. The van der Waals surface area contributed by atoms with Gasteiger partial charge in [-0.1, -0.05) is 22.0 Å². The van der Waals surface area contributed by atoms with Gasteiger partial charge in [0.05, 0.1) is 6.54 Å². The van der Waals surface area contributed by atoms with Crippen molar-refractivity contribution < 1.29 is 19.1 Å². The van der Waals surface area contributed by atoms with Crippen LogP contribution in [0.4, 0.5) is 5.69 Å². The predicted molar refractivity (Wildman–Crippen MR) is 102 cm³/mol. The van der Waals surface area contributed by atoms with Crippen LogP contribution < -0.4 is 20.1 Å². The Morgan fingerprint density at radius 2 is 1.96 bits per heavy atom. The number of nitrogens with one attached hydrogen (secondary N) is 2. The molecule has 0 aliphatic carbocycles. The summed E-state index contributed by atoms with van der Waals surface area (Å²) in [5.41, 5.74) is 2.45. The topological polar surface area (TPSA) is 76.7 Å². The molecule has 2 aromatic carbocycles. The Kier molecular flexibility index (Phi) is 5.58. The summed E-state index contributed by atoms with van der Waals surface area (Å²) >= 11 is 3.37. The van der Waals surface area contributed by atoms with Gasteiger partial charge in [-0.25, -0.2) is 0 Å². The van der Waals surface area contributed by atoms with Crippen molar-refractivity contribution in [3.05, 3.63) is 58.1 Å². The largest absolute Gasteiger partial charge is 0.454 e. The number of ether oxygens (including phenoxy) is 2. The third-order valence-corrected chi connectivity index (χ3v) is 4.20. The van der Waals surface area contributed by atoms with Gasteiger partial charge >= 0.3 is 0 Å². The minimum atomic E-state index is -0.356. The Labute approximate surface area is 159 Å². The first-order valence-corrected chi connectivity index (χ1v) is 8.72. The zero-order valence-corrected chi connectivity index (χ0v) is 15.6. The van der Waals surface area contributed by atoms with E-state index in [0.717, 1.165) is 15.6 Å². The van der Waals surface area contributed by atoms with Crippen LogP contribution in [-0.2, 0) is 9.59 Å². The lowest BCUT2D eigenvalue weighted by Gasteiger charge is -2.09. The normalized spacial score (nSPS) is 12.2. The van der Waals surface area contributed by atoms with Crippen LogP contribution >= 0.6 is 15.9 Å². The Hall–Kier alpha value is -2.80. The molecule has 3 rings (SSSR count). The molecule has 2 amide bonds. The Balaban J connectivity index is 1.49. The molecule has 0 atom stereocenters. The summed E-state index contributed by atoms with van der Waals surface area (Å²) in [7, 11) is 0. The van der Waals surface area contributed by atoms with Gasteiger partial charge in [0.1, 0.15) is 0 Å². The lowest BCUT2D eigenvalue weighted by molar-refractivity contribution is -0.121. The van der Waals surface area contributed by atoms with Gasteiger partial charge < -0.3 is 20.1 Å². The summed E-state index contributed by atoms with van der Waals surface area (Å²) in [4.78, 5) is 23.8. The van der Waals surface area contributed by atoms with Gasteiger partial charge in [0.2, 0.25) is 18.6 Å². The molecule has 0 aromatic heterocycles. The number of hydrogen-bond acceptors (Lipinski definition) is 4. The number of benzene rings is 2. The van der Waals surface area contributed by atoms with E-state index in [0.29, 0.717) is 17.2 Å². The molecular weight excluding hydrogens is 400 g/mol. The second kappa shape index (κ2) is 8.05. The number of carbonyl (C=O) groups is 2. The summed E-state index contributed by atoms with van der Waals surface area (Å²) < 4.78 is 11.5. The SMILES string of the molecule is Cc1cc(Br)ccc1NC(=O)CNC(=O)/C=C/c1ccc2c(c1)OCO2. The number of carbonyl (C=O) groups excluding carboxylic acids is 2. The number of amides is 2. The van der Waals surface area contributed by atoms with Gasteiger partial charge in [-0.05, 0) is 54.5 Å². The maximum absolute atomic E-state index is 12.0. The van der Waals surface area contributed by atoms with Crippen LogP contribution in [0.25, 0.3) is 6.08 Å². The van der Waals surface area contributed by atoms with Crippen LogP contribution in [-0.4, -0.2) is 25.2 Å². The average Bonchev–Trinajstić information content (AvgIpc) is 3.08. The highest BCUT2D eigenvalue weighted by atomic mass is 79.9. The van der Waals surface area contributed by atoms with E-state index in [1.165, 1.54) is 6.08 Å². The quantitative estimate of drug-likeness (QED) is 0.733. The molecule has 0 fully saturated rings. The second-order valence-corrected chi connectivity index (χ2v) is 6.59. The summed E-state index contributed by atoms with van der Waals surface area (Å²) in [6.07, 6.45) is 3.02. The van der Waals surface area contributed by atoms with Crippen LogP contribution in [0.5, 0.6) is 11.5 Å². The molecule has 134 valence electrons. The lowest BCUT2D eigenvalue weighted by atomic mass is 10.2. The molecule has 0 spiro atoms. The number of anilines is 1. The maximum Gasteiger partial charge on any atom is 0.244 e. The summed E-state index contributed by atoms with van der Waals surface area (Å²) in [5.74, 6) is 0.689. The fourth-order valence-electron chi connectivity index (χ4n) is 2.38. The average molecular weight is 417 g/mol. The van der Waals surface area contributed by atoms with Crippen LogP contribution in [0.15, 0.2) is 46.9 Å². The highest BCUT2D eigenvalue weighted by Crippen LogP contribution is 2.32. The zero-order chi connectivity index (χ0) is 18.5. The van der Waals surface area contributed by atoms with Gasteiger partial charge in [0.25, 0.3) is 0 Å². The number of hydrogen-bond donors (Lipinski definition) is 2. The molecule has 0 saturated carbocycles. The first-order valence-electron chi connectivity index (χ1n) is 7.93. The van der Waals surface area contributed by atoms with Gasteiger partial charge in [-0.3, -0.25) is 9.59 Å². The van der Waals surface area contributed by atoms with Gasteiger partial charge in [0.15, 0.2) is 11.5 Å². The molecule has 0 unspecified atom stereocenters. The van der Waals surface area contributed by atoms with Gasteiger partial charge in [-0.2, -0.15) is 0 Å². The monoisotopic (exact) mass is 416 g/mol. The number of aryl methyl sites for hydroxylation is 1. The van der Waals surface area contributed by atoms with Crippen molar-refractivity contribution in [3.63, 3.8) is 0 Å². The van der Waals surface area contributed by atoms with E-state index in [4.69, 9.17) is 9.47 Å². The van der Waals surface area contributed by atoms with Crippen molar-refractivity contribution in [1.82, 2.24) is 5.32 Å². The molecule has 2 aromatic rings. The van der Waals surface area contributed by atoms with Crippen molar-refractivity contribution in [2.75, 3.05) is 18.7 Å². The Morgan fingerprint density at radius 3 is 2.77 bits per heavy atom. The molecule has 1 aliphatic heterocycles. The molecular formula is C19H17BrN2O4. The van der Waals surface area contributed by atoms with E-state index in [9.17, 15) is 9.59 Å². The van der Waals surface area contributed by atoms with Gasteiger partial charge in [0, 0.05) is 16.2 Å². The first kappa shape index (κ1) is 18.0. The van der Waals surface area contributed by atoms with E-state index < -0.39 is 0 Å². The number of rotatable bonds is 5. The Bertz CT molecular complexity index is 880. The van der Waals surface area contributed by atoms with Crippen molar-refractivity contribution in [2.24, 2.45) is 0 Å². The second-order valence-electron chi connectivity index (χ2n) is 5.67. The van der Waals surface area contributed by atoms with E-state index in [-0.39, 0.29) is 25.2 Å². The van der Waals surface area contributed by atoms with Crippen molar-refractivity contribution in [1.29, 1.82) is 0 Å². The molecule has 7 heteroatoms. The lowest BCUT2D eigenvalue weighted by Crippen LogP contribution is -2.31. The summed E-state index contributed by atoms with van der Waals surface area (Å²) in [6, 6.07) is 10.9. The third kappa shape index (κ3) is 4.64. The molecule has 0 bridgehead atoms. The Morgan fingerprint density at radius 1 is 1.15 bits per heavy atom. The highest BCUT2D eigenvalue weighted by molar-refractivity contribution is 9.10. The van der Waals surface area contributed by atoms with Crippen LogP contribution in [0.3, 0.4) is 0 Å². The molecule has 6 nitrogen and oxygen atoms in total. The van der Waals surface area contributed by atoms with Crippen molar-refractivity contribution in [3.8, 4) is 11.5 Å². The minimum Gasteiger partial charge on any atom is -0.454 e. The van der Waals surface area contributed by atoms with E-state index in [1.807, 2.05) is 25.1 Å². The zero-order valence-electron chi connectivity index (χ0n) is 14.0. The first-order chi connectivity index (χ1) is 12.5. The van der Waals surface area contributed by atoms with E-state index >= 15 is 0 Å². The fraction of sp³-hybridized carbons (Fsp3) is 0.158. The van der Waals surface area contributed by atoms with Crippen molar-refractivity contribution in [2.45, 2.75) is 6.92 Å². The predicted octanol–water partition coefficient (Wildman–Crippen LogP) is 3.25. The molecule has 2 N–H and O–H groups in total. The fourth-order valence-corrected chi connectivity index (χ4v) is 2.85. The van der Waals surface area contributed by atoms with Crippen LogP contribution in [0, 0.1) is 6.92 Å².